The normalized spacial score (nSPS) is 10.1. The van der Waals surface area contributed by atoms with Crippen LogP contribution in [0.1, 0.15) is 20.7 Å². The number of esters is 1. The summed E-state index contributed by atoms with van der Waals surface area (Å²) in [6.07, 6.45) is 0. The van der Waals surface area contributed by atoms with Crippen molar-refractivity contribution in [2.45, 2.75) is 0 Å². The summed E-state index contributed by atoms with van der Waals surface area (Å²) in [5.41, 5.74) is 0.244. The highest BCUT2D eigenvalue weighted by atomic mass is 35.5. The van der Waals surface area contributed by atoms with E-state index in [9.17, 15) is 19.7 Å². The first-order chi connectivity index (χ1) is 11.4. The summed E-state index contributed by atoms with van der Waals surface area (Å²) in [4.78, 5) is 33.8. The molecular weight excluding hydrogens is 338 g/mol. The lowest BCUT2D eigenvalue weighted by Gasteiger charge is -2.07. The molecule has 124 valence electrons. The second-order valence-corrected chi connectivity index (χ2v) is 5.06. The van der Waals surface area contributed by atoms with E-state index in [1.807, 2.05) is 0 Å². The molecule has 0 N–H and O–H groups in total. The van der Waals surface area contributed by atoms with E-state index in [2.05, 4.69) is 0 Å². The third kappa shape index (κ3) is 4.08. The summed E-state index contributed by atoms with van der Waals surface area (Å²) in [6.45, 7) is -0.474. The Kier molecular flexibility index (Phi) is 5.49. The quantitative estimate of drug-likeness (QED) is 0.343. The van der Waals surface area contributed by atoms with E-state index in [1.54, 1.807) is 0 Å². The SMILES string of the molecule is COc1ccc(C(=O)COC(=O)c2ccc([N+](=O)[O-])cc2)cc1Cl. The summed E-state index contributed by atoms with van der Waals surface area (Å²) in [5, 5.41) is 10.8. The van der Waals surface area contributed by atoms with Gasteiger partial charge in [0.1, 0.15) is 5.75 Å². The van der Waals surface area contributed by atoms with Crippen LogP contribution in [-0.4, -0.2) is 30.4 Å². The van der Waals surface area contributed by atoms with Gasteiger partial charge in [0, 0.05) is 17.7 Å². The van der Waals surface area contributed by atoms with Crippen molar-refractivity contribution in [1.29, 1.82) is 0 Å². The van der Waals surface area contributed by atoms with E-state index >= 15 is 0 Å². The van der Waals surface area contributed by atoms with Crippen molar-refractivity contribution in [3.8, 4) is 5.75 Å². The van der Waals surface area contributed by atoms with Gasteiger partial charge in [-0.3, -0.25) is 14.9 Å². The molecule has 7 nitrogen and oxygen atoms in total. The van der Waals surface area contributed by atoms with Crippen molar-refractivity contribution < 1.29 is 24.0 Å². The molecule has 8 heteroatoms. The minimum Gasteiger partial charge on any atom is -0.495 e. The molecule has 0 atom stereocenters. The maximum atomic E-state index is 12.0. The minimum atomic E-state index is -0.752. The van der Waals surface area contributed by atoms with Gasteiger partial charge in [0.25, 0.3) is 5.69 Å². The van der Waals surface area contributed by atoms with Crippen LogP contribution in [0.2, 0.25) is 5.02 Å². The zero-order valence-electron chi connectivity index (χ0n) is 12.5. The van der Waals surface area contributed by atoms with Gasteiger partial charge in [0.2, 0.25) is 0 Å². The van der Waals surface area contributed by atoms with Gasteiger partial charge < -0.3 is 9.47 Å². The van der Waals surface area contributed by atoms with Crippen molar-refractivity contribution in [3.63, 3.8) is 0 Å². The standard InChI is InChI=1S/C16H12ClNO6/c1-23-15-7-4-11(8-13(15)17)14(19)9-24-16(20)10-2-5-12(6-3-10)18(21)22/h2-8H,9H2,1H3. The van der Waals surface area contributed by atoms with Gasteiger partial charge in [-0.2, -0.15) is 0 Å². The molecule has 2 aromatic rings. The number of methoxy groups -OCH3 is 1. The van der Waals surface area contributed by atoms with Gasteiger partial charge in [-0.05, 0) is 30.3 Å². The van der Waals surface area contributed by atoms with Crippen molar-refractivity contribution in [3.05, 3.63) is 68.7 Å². The average Bonchev–Trinajstić information content (AvgIpc) is 2.59. The number of ketones is 1. The third-order valence-corrected chi connectivity index (χ3v) is 3.42. The minimum absolute atomic E-state index is 0.112. The predicted molar refractivity (Wildman–Crippen MR) is 85.7 cm³/mol. The highest BCUT2D eigenvalue weighted by Gasteiger charge is 2.14. The molecule has 0 aliphatic carbocycles. The topological polar surface area (TPSA) is 95.7 Å². The van der Waals surface area contributed by atoms with Gasteiger partial charge in [-0.15, -0.1) is 0 Å². The molecule has 2 rings (SSSR count). The molecule has 0 saturated heterocycles. The Balaban J connectivity index is 1.99. The lowest BCUT2D eigenvalue weighted by atomic mass is 10.1. The third-order valence-electron chi connectivity index (χ3n) is 3.12. The van der Waals surface area contributed by atoms with Crippen LogP contribution < -0.4 is 4.74 Å². The van der Waals surface area contributed by atoms with Gasteiger partial charge in [0.15, 0.2) is 12.4 Å². The number of halogens is 1. The van der Waals surface area contributed by atoms with Crippen molar-refractivity contribution >= 4 is 29.0 Å². The molecule has 0 aromatic heterocycles. The Morgan fingerprint density at radius 1 is 1.12 bits per heavy atom. The number of hydrogen-bond acceptors (Lipinski definition) is 6. The zero-order valence-corrected chi connectivity index (χ0v) is 13.3. The smallest absolute Gasteiger partial charge is 0.338 e. The van der Waals surface area contributed by atoms with Gasteiger partial charge in [0.05, 0.1) is 22.6 Å². The van der Waals surface area contributed by atoms with Crippen LogP contribution in [0.4, 0.5) is 5.69 Å². The molecule has 0 bridgehead atoms. The second-order valence-electron chi connectivity index (χ2n) is 4.65. The summed E-state index contributed by atoms with van der Waals surface area (Å²) in [7, 11) is 1.45. The maximum absolute atomic E-state index is 12.0. The van der Waals surface area contributed by atoms with E-state index in [1.165, 1.54) is 49.6 Å². The molecule has 0 unspecified atom stereocenters. The highest BCUT2D eigenvalue weighted by molar-refractivity contribution is 6.32. The molecule has 0 aliphatic heterocycles. The van der Waals surface area contributed by atoms with E-state index in [0.29, 0.717) is 5.75 Å². The lowest BCUT2D eigenvalue weighted by Crippen LogP contribution is -2.14. The van der Waals surface area contributed by atoms with Crippen LogP contribution in [0, 0.1) is 10.1 Å². The van der Waals surface area contributed by atoms with Crippen molar-refractivity contribution in [1.82, 2.24) is 0 Å². The summed E-state index contributed by atoms with van der Waals surface area (Å²) < 4.78 is 9.89. The average molecular weight is 350 g/mol. The second kappa shape index (κ2) is 7.56. The maximum Gasteiger partial charge on any atom is 0.338 e. The van der Waals surface area contributed by atoms with Crippen LogP contribution in [0.25, 0.3) is 0 Å². The number of nitro benzene ring substituents is 1. The largest absolute Gasteiger partial charge is 0.495 e. The lowest BCUT2D eigenvalue weighted by molar-refractivity contribution is -0.384. The highest BCUT2D eigenvalue weighted by Crippen LogP contribution is 2.25. The first-order valence-corrected chi connectivity index (χ1v) is 7.08. The van der Waals surface area contributed by atoms with Crippen LogP contribution in [0.15, 0.2) is 42.5 Å². The summed E-state index contributed by atoms with van der Waals surface area (Å²) in [5.74, 6) is -0.760. The summed E-state index contributed by atoms with van der Waals surface area (Å²) >= 11 is 5.93. The number of ether oxygens (including phenoxy) is 2. The monoisotopic (exact) mass is 349 g/mol. The first kappa shape index (κ1) is 17.4. The van der Waals surface area contributed by atoms with Gasteiger partial charge >= 0.3 is 5.97 Å². The number of carbonyl (C=O) groups excluding carboxylic acids is 2. The molecule has 2 aromatic carbocycles. The molecular formula is C16H12ClNO6. The molecule has 24 heavy (non-hydrogen) atoms. The number of nitrogens with zero attached hydrogens (tertiary/aromatic N) is 1. The molecule has 0 aliphatic rings. The predicted octanol–water partition coefficient (Wildman–Crippen LogP) is 3.30. The molecule has 0 saturated carbocycles. The van der Waals surface area contributed by atoms with Crippen LogP contribution in [-0.2, 0) is 4.74 Å². The van der Waals surface area contributed by atoms with E-state index in [0.717, 1.165) is 0 Å². The Morgan fingerprint density at radius 3 is 2.29 bits per heavy atom. The van der Waals surface area contributed by atoms with Crippen molar-refractivity contribution in [2.24, 2.45) is 0 Å². The molecule has 0 heterocycles. The fourth-order valence-corrected chi connectivity index (χ4v) is 2.11. The number of Topliss-reactive ketones (excluding diaryl/α,β-unsaturated/α-hetero) is 1. The Labute approximate surface area is 141 Å². The fourth-order valence-electron chi connectivity index (χ4n) is 1.86. The number of hydrogen-bond donors (Lipinski definition) is 0. The van der Waals surface area contributed by atoms with Gasteiger partial charge in [-0.25, -0.2) is 4.79 Å². The van der Waals surface area contributed by atoms with Crippen LogP contribution >= 0.6 is 11.6 Å². The Bertz CT molecular complexity index is 788. The zero-order chi connectivity index (χ0) is 17.7. The number of nitro groups is 1. The molecule has 0 spiro atoms. The number of carbonyl (C=O) groups is 2. The van der Waals surface area contributed by atoms with Crippen LogP contribution in [0.5, 0.6) is 5.75 Å². The number of rotatable bonds is 6. The fraction of sp³-hybridized carbons (Fsp3) is 0.125. The Hall–Kier alpha value is -2.93. The first-order valence-electron chi connectivity index (χ1n) is 6.70. The van der Waals surface area contributed by atoms with E-state index in [-0.39, 0.29) is 21.8 Å². The van der Waals surface area contributed by atoms with Gasteiger partial charge in [-0.1, -0.05) is 11.6 Å². The number of benzene rings is 2. The molecule has 0 amide bonds. The van der Waals surface area contributed by atoms with E-state index < -0.39 is 23.3 Å². The molecule has 0 radical (unpaired) electrons. The van der Waals surface area contributed by atoms with Crippen LogP contribution in [0.3, 0.4) is 0 Å². The Morgan fingerprint density at radius 2 is 1.75 bits per heavy atom. The summed E-state index contributed by atoms with van der Waals surface area (Å²) in [6, 6.07) is 9.34. The molecule has 0 fully saturated rings. The number of non-ortho nitro benzene ring substituents is 1. The van der Waals surface area contributed by atoms with Crippen molar-refractivity contribution in [2.75, 3.05) is 13.7 Å². The van der Waals surface area contributed by atoms with E-state index in [4.69, 9.17) is 21.1 Å².